The number of aromatic nitrogens is 1. The van der Waals surface area contributed by atoms with E-state index in [9.17, 15) is 0 Å². The number of hydrogen-bond acceptors (Lipinski definition) is 0. The van der Waals surface area contributed by atoms with Gasteiger partial charge in [-0.15, -0.1) is 0 Å². The van der Waals surface area contributed by atoms with Gasteiger partial charge in [-0.25, -0.2) is 0 Å². The number of fused-ring (bicyclic) bond motifs is 6. The van der Waals surface area contributed by atoms with Crippen molar-refractivity contribution in [1.29, 1.82) is 0 Å². The van der Waals surface area contributed by atoms with Crippen molar-refractivity contribution in [2.75, 3.05) is 0 Å². The number of allylic oxidation sites excluding steroid dienone is 9. The lowest BCUT2D eigenvalue weighted by atomic mass is 9.67. The molecule has 0 aliphatic heterocycles. The van der Waals surface area contributed by atoms with Gasteiger partial charge in [-0.1, -0.05) is 155 Å². The van der Waals surface area contributed by atoms with Crippen LogP contribution in [0.5, 0.6) is 0 Å². The summed E-state index contributed by atoms with van der Waals surface area (Å²) in [7, 11) is 2.28. The van der Waals surface area contributed by atoms with Crippen LogP contribution in [0.1, 0.15) is 80.1 Å². The zero-order valence-electron chi connectivity index (χ0n) is 33.1. The van der Waals surface area contributed by atoms with Crippen molar-refractivity contribution in [2.24, 2.45) is 7.05 Å². The van der Waals surface area contributed by atoms with Crippen molar-refractivity contribution in [3.8, 4) is 22.4 Å². The third-order valence-electron chi connectivity index (χ3n) is 12.6. The zero-order chi connectivity index (χ0) is 38.0. The fourth-order valence-corrected chi connectivity index (χ4v) is 9.60. The van der Waals surface area contributed by atoms with Gasteiger partial charge in [0.25, 0.3) is 0 Å². The quantitative estimate of drug-likeness (QED) is 0.120. The Bertz CT molecular complexity index is 2860. The predicted octanol–water partition coefficient (Wildman–Crippen LogP) is 14.5. The third kappa shape index (κ3) is 5.51. The predicted molar refractivity (Wildman–Crippen MR) is 239 cm³/mol. The van der Waals surface area contributed by atoms with Crippen LogP contribution in [0.3, 0.4) is 0 Å². The van der Waals surface area contributed by atoms with Gasteiger partial charge in [-0.3, -0.25) is 0 Å². The largest absolute Gasteiger partial charge is 0.347 e. The average molecular weight is 712 g/mol. The highest BCUT2D eigenvalue weighted by molar-refractivity contribution is 6.09. The number of nitrogens with zero attached hydrogens (tertiary/aromatic N) is 1. The van der Waals surface area contributed by atoms with Gasteiger partial charge in [0.2, 0.25) is 0 Å². The van der Waals surface area contributed by atoms with Gasteiger partial charge >= 0.3 is 0 Å². The topological polar surface area (TPSA) is 4.93 Å². The Labute approximate surface area is 326 Å². The lowest BCUT2D eigenvalue weighted by Crippen LogP contribution is -2.24. The van der Waals surface area contributed by atoms with E-state index in [4.69, 9.17) is 6.58 Å². The molecule has 6 aromatic carbocycles. The van der Waals surface area contributed by atoms with Gasteiger partial charge in [0, 0.05) is 30.1 Å². The standard InChI is InChI=1S/C54H49N/c1-8-9-18-34(2)36(4)44-32-47-41-22-15-16-25-48(41)54(5,6)49-26-17-24-42(52(47)49)46(44)33-50-43-23-12-10-11-19-35(3)51(43)53(55(50)7)39-30-29-38-28-27-37-20-13-14-21-40(37)45(38)31-39/h9-22,24-32H,3,8,23,33H2,1-2,4-7H3/b12-10-,18-9-,19-11-,36-34+. The van der Waals surface area contributed by atoms with E-state index < -0.39 is 0 Å². The molecule has 0 atom stereocenters. The summed E-state index contributed by atoms with van der Waals surface area (Å²) < 4.78 is 2.50. The van der Waals surface area contributed by atoms with Crippen LogP contribution >= 0.6 is 0 Å². The molecule has 0 bridgehead atoms. The first-order valence-corrected chi connectivity index (χ1v) is 19.9. The minimum absolute atomic E-state index is 0.116. The second-order valence-corrected chi connectivity index (χ2v) is 16.1. The molecule has 0 radical (unpaired) electrons. The Kier molecular flexibility index (Phi) is 8.50. The van der Waals surface area contributed by atoms with Crippen molar-refractivity contribution >= 4 is 43.5 Å². The van der Waals surface area contributed by atoms with Crippen molar-refractivity contribution in [3.63, 3.8) is 0 Å². The van der Waals surface area contributed by atoms with E-state index in [1.807, 2.05) is 0 Å². The first kappa shape index (κ1) is 34.8. The molecular formula is C54H49N. The fraction of sp³-hybridized carbons (Fsp3) is 0.185. The van der Waals surface area contributed by atoms with E-state index in [-0.39, 0.29) is 5.41 Å². The molecule has 0 saturated carbocycles. The van der Waals surface area contributed by atoms with Crippen LogP contribution < -0.4 is 0 Å². The van der Waals surface area contributed by atoms with E-state index in [1.165, 1.54) is 105 Å². The lowest BCUT2D eigenvalue weighted by molar-refractivity contribution is 0.645. The maximum atomic E-state index is 4.69. The van der Waals surface area contributed by atoms with Gasteiger partial charge in [0.05, 0.1) is 5.69 Å². The Morgan fingerprint density at radius 2 is 1.51 bits per heavy atom. The SMILES string of the molecule is C=C1/C=C\C=C/Cc2c1c(-c1ccc3ccc4ccccc4c3c1)n(C)c2Cc1c(/C(C)=C(C)/C=C\CC)cc2c3c(cccc13)C(C)(C)c1ccccc1-2. The second-order valence-electron chi connectivity index (χ2n) is 16.1. The van der Waals surface area contributed by atoms with Crippen LogP contribution in [0, 0.1) is 0 Å². The van der Waals surface area contributed by atoms with Gasteiger partial charge in [0.1, 0.15) is 0 Å². The van der Waals surface area contributed by atoms with E-state index in [0.29, 0.717) is 0 Å². The third-order valence-corrected chi connectivity index (χ3v) is 12.6. The molecular weight excluding hydrogens is 663 g/mol. The highest BCUT2D eigenvalue weighted by Crippen LogP contribution is 2.51. The van der Waals surface area contributed by atoms with Crippen LogP contribution in [-0.4, -0.2) is 4.57 Å². The van der Waals surface area contributed by atoms with Crippen molar-refractivity contribution in [3.05, 3.63) is 191 Å². The van der Waals surface area contributed by atoms with Crippen molar-refractivity contribution in [1.82, 2.24) is 4.57 Å². The molecule has 0 saturated heterocycles. The Morgan fingerprint density at radius 1 is 0.782 bits per heavy atom. The molecule has 9 rings (SSSR count). The first-order valence-electron chi connectivity index (χ1n) is 19.9. The summed E-state index contributed by atoms with van der Waals surface area (Å²) in [6, 6.07) is 38.9. The molecule has 55 heavy (non-hydrogen) atoms. The summed E-state index contributed by atoms with van der Waals surface area (Å²) in [6.45, 7) is 16.3. The first-order chi connectivity index (χ1) is 26.7. The summed E-state index contributed by atoms with van der Waals surface area (Å²) in [5.41, 5.74) is 18.2. The van der Waals surface area contributed by atoms with E-state index in [0.717, 1.165) is 24.8 Å². The average Bonchev–Trinajstić information content (AvgIpc) is 3.47. The maximum Gasteiger partial charge on any atom is 0.0562 e. The molecule has 1 nitrogen and oxygen atoms in total. The number of hydrogen-bond donors (Lipinski definition) is 0. The minimum atomic E-state index is -0.116. The maximum absolute atomic E-state index is 4.69. The summed E-state index contributed by atoms with van der Waals surface area (Å²) in [5, 5.41) is 7.84. The Morgan fingerprint density at radius 3 is 2.35 bits per heavy atom. The normalized spacial score (nSPS) is 16.2. The minimum Gasteiger partial charge on any atom is -0.347 e. The molecule has 270 valence electrons. The molecule has 0 spiro atoms. The van der Waals surface area contributed by atoms with Crippen molar-refractivity contribution in [2.45, 2.75) is 59.3 Å². The molecule has 0 fully saturated rings. The monoisotopic (exact) mass is 711 g/mol. The van der Waals surface area contributed by atoms with Crippen LogP contribution in [-0.2, 0) is 25.3 Å². The lowest BCUT2D eigenvalue weighted by Gasteiger charge is -2.36. The molecule has 0 amide bonds. The molecule has 7 aromatic rings. The van der Waals surface area contributed by atoms with Gasteiger partial charge in [0.15, 0.2) is 0 Å². The molecule has 0 unspecified atom stereocenters. The van der Waals surface area contributed by atoms with Crippen LogP contribution in [0.25, 0.3) is 65.8 Å². The molecule has 1 heteroatoms. The highest BCUT2D eigenvalue weighted by atomic mass is 15.0. The number of benzene rings is 6. The zero-order valence-corrected chi connectivity index (χ0v) is 33.1. The molecule has 0 N–H and O–H groups in total. The number of rotatable bonds is 6. The molecule has 1 heterocycles. The smallest absolute Gasteiger partial charge is 0.0562 e. The summed E-state index contributed by atoms with van der Waals surface area (Å²) in [5.74, 6) is 0. The van der Waals surface area contributed by atoms with Crippen LogP contribution in [0.2, 0.25) is 0 Å². The van der Waals surface area contributed by atoms with Crippen molar-refractivity contribution < 1.29 is 0 Å². The van der Waals surface area contributed by atoms with Crippen LogP contribution in [0.15, 0.2) is 152 Å². The Balaban J connectivity index is 1.34. The Hall–Kier alpha value is -5.92. The fourth-order valence-electron chi connectivity index (χ4n) is 9.60. The molecule has 1 aromatic heterocycles. The van der Waals surface area contributed by atoms with Gasteiger partial charge in [-0.05, 0) is 132 Å². The van der Waals surface area contributed by atoms with E-state index in [2.05, 4.69) is 186 Å². The van der Waals surface area contributed by atoms with Gasteiger partial charge in [-0.2, -0.15) is 0 Å². The highest BCUT2D eigenvalue weighted by Gasteiger charge is 2.35. The molecule has 2 aliphatic carbocycles. The second kappa shape index (κ2) is 13.4. The van der Waals surface area contributed by atoms with E-state index >= 15 is 0 Å². The van der Waals surface area contributed by atoms with Gasteiger partial charge < -0.3 is 4.57 Å². The van der Waals surface area contributed by atoms with Crippen LogP contribution in [0.4, 0.5) is 0 Å². The summed E-state index contributed by atoms with van der Waals surface area (Å²) in [6.07, 6.45) is 16.1. The molecule has 2 aliphatic rings. The summed E-state index contributed by atoms with van der Waals surface area (Å²) >= 11 is 0. The summed E-state index contributed by atoms with van der Waals surface area (Å²) in [4.78, 5) is 0. The van der Waals surface area contributed by atoms with E-state index in [1.54, 1.807) is 0 Å².